The maximum atomic E-state index is 13.6. The van der Waals surface area contributed by atoms with Crippen LogP contribution < -0.4 is 9.62 Å². The van der Waals surface area contributed by atoms with Crippen molar-refractivity contribution >= 4 is 33.2 Å². The van der Waals surface area contributed by atoms with Crippen LogP contribution in [-0.4, -0.2) is 62.0 Å². The van der Waals surface area contributed by atoms with E-state index in [2.05, 4.69) is 5.32 Å². The first-order valence-electron chi connectivity index (χ1n) is 11.8. The molecule has 0 fully saturated rings. The van der Waals surface area contributed by atoms with E-state index in [1.807, 2.05) is 37.3 Å². The molecule has 2 aromatic rings. The lowest BCUT2D eigenvalue weighted by Crippen LogP contribution is -2.53. The van der Waals surface area contributed by atoms with Gasteiger partial charge in [-0.05, 0) is 37.3 Å². The van der Waals surface area contributed by atoms with Gasteiger partial charge >= 0.3 is 0 Å². The van der Waals surface area contributed by atoms with Crippen LogP contribution in [0.15, 0.2) is 48.5 Å². The molecule has 0 radical (unpaired) electrons. The number of sulfonamides is 1. The summed E-state index contributed by atoms with van der Waals surface area (Å²) in [4.78, 5) is 38.6. The molecular formula is C25H34N4O6S. The highest BCUT2D eigenvalue weighted by atomic mass is 32.2. The Kier molecular flexibility index (Phi) is 10.4. The van der Waals surface area contributed by atoms with E-state index in [-0.39, 0.29) is 23.8 Å². The first kappa shape index (κ1) is 28.8. The third-order valence-electron chi connectivity index (χ3n) is 5.77. The van der Waals surface area contributed by atoms with E-state index in [0.717, 1.165) is 28.6 Å². The summed E-state index contributed by atoms with van der Waals surface area (Å²) < 4.78 is 26.3. The van der Waals surface area contributed by atoms with Gasteiger partial charge in [0.2, 0.25) is 21.8 Å². The second-order valence-electron chi connectivity index (χ2n) is 8.54. The molecule has 0 saturated carbocycles. The normalized spacial score (nSPS) is 12.0. The molecule has 2 amide bonds. The van der Waals surface area contributed by atoms with E-state index in [1.54, 1.807) is 13.8 Å². The van der Waals surface area contributed by atoms with Crippen molar-refractivity contribution in [3.8, 4) is 0 Å². The number of non-ortho nitro benzene ring substituents is 1. The van der Waals surface area contributed by atoms with E-state index < -0.39 is 33.4 Å². The Labute approximate surface area is 212 Å². The second-order valence-corrected chi connectivity index (χ2v) is 10.4. The highest BCUT2D eigenvalue weighted by Gasteiger charge is 2.32. The molecule has 0 bridgehead atoms. The van der Waals surface area contributed by atoms with Gasteiger partial charge in [-0.15, -0.1) is 0 Å². The van der Waals surface area contributed by atoms with Crippen LogP contribution in [0.1, 0.15) is 37.8 Å². The number of nitro benzene ring substituents is 1. The van der Waals surface area contributed by atoms with Gasteiger partial charge in [0.25, 0.3) is 5.69 Å². The molecule has 0 aliphatic carbocycles. The van der Waals surface area contributed by atoms with Crippen molar-refractivity contribution < 1.29 is 22.9 Å². The molecule has 10 nitrogen and oxygen atoms in total. The molecule has 1 N–H and O–H groups in total. The van der Waals surface area contributed by atoms with Gasteiger partial charge in [-0.2, -0.15) is 0 Å². The Morgan fingerprint density at radius 2 is 1.78 bits per heavy atom. The fourth-order valence-electron chi connectivity index (χ4n) is 3.84. The molecule has 11 heteroatoms. The summed E-state index contributed by atoms with van der Waals surface area (Å²) in [5, 5.41) is 14.1. The molecule has 0 aromatic heterocycles. The van der Waals surface area contributed by atoms with Gasteiger partial charge in [-0.25, -0.2) is 8.42 Å². The fourth-order valence-corrected chi connectivity index (χ4v) is 4.74. The van der Waals surface area contributed by atoms with Crippen molar-refractivity contribution in [2.75, 3.05) is 30.2 Å². The Morgan fingerprint density at radius 1 is 1.11 bits per heavy atom. The van der Waals surface area contributed by atoms with Gasteiger partial charge in [-0.1, -0.05) is 50.2 Å². The predicted molar refractivity (Wildman–Crippen MR) is 139 cm³/mol. The van der Waals surface area contributed by atoms with Gasteiger partial charge < -0.3 is 10.2 Å². The van der Waals surface area contributed by atoms with Crippen molar-refractivity contribution in [3.63, 3.8) is 0 Å². The van der Waals surface area contributed by atoms with Crippen LogP contribution in [-0.2, 0) is 26.0 Å². The van der Waals surface area contributed by atoms with Crippen LogP contribution in [0, 0.1) is 17.0 Å². The second kappa shape index (κ2) is 13.0. The van der Waals surface area contributed by atoms with Crippen LogP contribution in [0.5, 0.6) is 0 Å². The van der Waals surface area contributed by atoms with Crippen molar-refractivity contribution in [1.29, 1.82) is 0 Å². The summed E-state index contributed by atoms with van der Waals surface area (Å²) in [5.74, 6) is -0.876. The number of rotatable bonds is 13. The molecule has 36 heavy (non-hydrogen) atoms. The van der Waals surface area contributed by atoms with Gasteiger partial charge in [0, 0.05) is 25.2 Å². The smallest absolute Gasteiger partial charge is 0.271 e. The SMILES string of the molecule is CCCNC(=O)[C@@H](CC)N(CCc1ccccc1)C(=O)CN(c1cc([N+](=O)[O-])ccc1C)S(C)(=O)=O. The number of benzene rings is 2. The third-order valence-corrected chi connectivity index (χ3v) is 6.90. The summed E-state index contributed by atoms with van der Waals surface area (Å²) in [6, 6.07) is 12.5. The summed E-state index contributed by atoms with van der Waals surface area (Å²) in [5.41, 5.74) is 1.19. The first-order chi connectivity index (χ1) is 17.0. The zero-order valence-electron chi connectivity index (χ0n) is 21.1. The van der Waals surface area contributed by atoms with E-state index in [4.69, 9.17) is 0 Å². The number of nitrogens with zero attached hydrogens (tertiary/aromatic N) is 3. The van der Waals surface area contributed by atoms with Crippen LogP contribution >= 0.6 is 0 Å². The Bertz CT molecular complexity index is 1170. The lowest BCUT2D eigenvalue weighted by atomic mass is 10.1. The number of hydrogen-bond donors (Lipinski definition) is 1. The lowest BCUT2D eigenvalue weighted by Gasteiger charge is -2.33. The lowest BCUT2D eigenvalue weighted by molar-refractivity contribution is -0.384. The fraction of sp³-hybridized carbons (Fsp3) is 0.440. The molecule has 0 heterocycles. The maximum Gasteiger partial charge on any atom is 0.271 e. The Balaban J connectivity index is 2.43. The zero-order valence-corrected chi connectivity index (χ0v) is 22.0. The Hall–Kier alpha value is -3.47. The van der Waals surface area contributed by atoms with Crippen LogP contribution in [0.2, 0.25) is 0 Å². The molecule has 1 atom stereocenters. The number of nitro groups is 1. The quantitative estimate of drug-likeness (QED) is 0.320. The Morgan fingerprint density at radius 3 is 2.33 bits per heavy atom. The van der Waals surface area contributed by atoms with Gasteiger partial charge in [0.05, 0.1) is 16.9 Å². The highest BCUT2D eigenvalue weighted by Crippen LogP contribution is 2.27. The summed E-state index contributed by atoms with van der Waals surface area (Å²) in [6.45, 7) is 5.39. The average Bonchev–Trinajstić information content (AvgIpc) is 2.83. The van der Waals surface area contributed by atoms with E-state index in [1.165, 1.54) is 17.0 Å². The maximum absolute atomic E-state index is 13.6. The molecule has 2 rings (SSSR count). The van der Waals surface area contributed by atoms with Crippen molar-refractivity contribution in [2.24, 2.45) is 0 Å². The predicted octanol–water partition coefficient (Wildman–Crippen LogP) is 3.05. The van der Waals surface area contributed by atoms with Crippen molar-refractivity contribution in [1.82, 2.24) is 10.2 Å². The van der Waals surface area contributed by atoms with Crippen LogP contribution in [0.25, 0.3) is 0 Å². The molecule has 0 aliphatic heterocycles. The number of hydrogen-bond acceptors (Lipinski definition) is 6. The molecule has 0 spiro atoms. The number of carbonyl (C=O) groups is 2. The van der Waals surface area contributed by atoms with E-state index >= 15 is 0 Å². The molecule has 0 aliphatic rings. The summed E-state index contributed by atoms with van der Waals surface area (Å²) in [7, 11) is -3.98. The molecule has 0 unspecified atom stereocenters. The number of nitrogens with one attached hydrogen (secondary N) is 1. The number of anilines is 1. The third kappa shape index (κ3) is 7.77. The number of amides is 2. The van der Waals surface area contributed by atoms with Crippen LogP contribution in [0.3, 0.4) is 0 Å². The van der Waals surface area contributed by atoms with Gasteiger partial charge in [0.1, 0.15) is 12.6 Å². The van der Waals surface area contributed by atoms with Crippen LogP contribution in [0.4, 0.5) is 11.4 Å². The van der Waals surface area contributed by atoms with Gasteiger partial charge in [-0.3, -0.25) is 24.0 Å². The molecule has 196 valence electrons. The molecule has 0 saturated heterocycles. The largest absolute Gasteiger partial charge is 0.354 e. The number of carbonyl (C=O) groups excluding carboxylic acids is 2. The minimum absolute atomic E-state index is 0.0477. The first-order valence-corrected chi connectivity index (χ1v) is 13.7. The number of aryl methyl sites for hydroxylation is 1. The van der Waals surface area contributed by atoms with E-state index in [0.29, 0.717) is 24.9 Å². The topological polar surface area (TPSA) is 130 Å². The average molecular weight is 519 g/mol. The minimum Gasteiger partial charge on any atom is -0.354 e. The minimum atomic E-state index is -3.98. The van der Waals surface area contributed by atoms with E-state index in [9.17, 15) is 28.1 Å². The monoisotopic (exact) mass is 518 g/mol. The highest BCUT2D eigenvalue weighted by molar-refractivity contribution is 7.92. The van der Waals surface area contributed by atoms with Gasteiger partial charge in [0.15, 0.2) is 0 Å². The molecular weight excluding hydrogens is 484 g/mol. The molecule has 2 aromatic carbocycles. The summed E-state index contributed by atoms with van der Waals surface area (Å²) >= 11 is 0. The zero-order chi connectivity index (χ0) is 26.9. The van der Waals surface area contributed by atoms with Crippen molar-refractivity contribution in [2.45, 2.75) is 46.1 Å². The standard InChI is InChI=1S/C25H34N4O6S/c1-5-15-26-25(31)22(6-2)27(16-14-20-10-8-7-9-11-20)24(30)18-28(36(4,34)35)23-17-21(29(32)33)13-12-19(23)3/h7-13,17,22H,5-6,14-16,18H2,1-4H3,(H,26,31)/t22-/m1/s1. The summed E-state index contributed by atoms with van der Waals surface area (Å²) in [6.07, 6.45) is 2.48. The van der Waals surface area contributed by atoms with Crippen molar-refractivity contribution in [3.05, 3.63) is 69.8 Å².